The van der Waals surface area contributed by atoms with E-state index in [4.69, 9.17) is 0 Å². The number of Topliss-reactive ketones (excluding diaryl/α,β-unsaturated/α-hetero) is 1. The van der Waals surface area contributed by atoms with Gasteiger partial charge in [-0.2, -0.15) is 0 Å². The number of carbonyl (C=O) groups excluding carboxylic acids is 3. The number of imide groups is 1. The molecular formula is C13H21NO3. The van der Waals surface area contributed by atoms with Gasteiger partial charge >= 0.3 is 0 Å². The van der Waals surface area contributed by atoms with E-state index in [0.717, 1.165) is 0 Å². The number of hydrogen-bond acceptors (Lipinski definition) is 3. The molecule has 1 aliphatic rings. The first-order valence-electron chi connectivity index (χ1n) is 5.91. The SMILES string of the molecule is CC(=O)C(C)(C)C(C)(C)N1C(=O)CC(C)C1=O. The molecule has 1 atom stereocenters. The van der Waals surface area contributed by atoms with Crippen molar-refractivity contribution in [2.75, 3.05) is 0 Å². The number of ketones is 1. The molecule has 0 radical (unpaired) electrons. The van der Waals surface area contributed by atoms with Crippen LogP contribution in [0.15, 0.2) is 0 Å². The molecule has 2 amide bonds. The predicted molar refractivity (Wildman–Crippen MR) is 64.2 cm³/mol. The van der Waals surface area contributed by atoms with Gasteiger partial charge in [-0.1, -0.05) is 20.8 Å². The summed E-state index contributed by atoms with van der Waals surface area (Å²) in [5.41, 5.74) is -1.54. The lowest BCUT2D eigenvalue weighted by atomic mass is 9.71. The Bertz CT molecular complexity index is 382. The summed E-state index contributed by atoms with van der Waals surface area (Å²) in [5.74, 6) is -0.650. The molecule has 0 N–H and O–H groups in total. The number of likely N-dealkylation sites (tertiary alicyclic amines) is 1. The number of nitrogens with zero attached hydrogens (tertiary/aromatic N) is 1. The van der Waals surface area contributed by atoms with E-state index in [0.29, 0.717) is 0 Å². The van der Waals surface area contributed by atoms with Gasteiger partial charge in [0.05, 0.1) is 5.54 Å². The van der Waals surface area contributed by atoms with E-state index < -0.39 is 11.0 Å². The molecule has 0 aromatic heterocycles. The first-order chi connectivity index (χ1) is 7.53. The van der Waals surface area contributed by atoms with Gasteiger partial charge < -0.3 is 0 Å². The minimum atomic E-state index is -0.794. The molecule has 4 nitrogen and oxygen atoms in total. The summed E-state index contributed by atoms with van der Waals surface area (Å²) in [6.45, 7) is 10.4. The molecule has 0 aromatic carbocycles. The third-order valence-electron chi connectivity index (χ3n) is 4.34. The lowest BCUT2D eigenvalue weighted by molar-refractivity contribution is -0.153. The van der Waals surface area contributed by atoms with Crippen LogP contribution < -0.4 is 0 Å². The lowest BCUT2D eigenvalue weighted by Crippen LogP contribution is -2.58. The highest BCUT2D eigenvalue weighted by Crippen LogP contribution is 2.40. The van der Waals surface area contributed by atoms with E-state index in [-0.39, 0.29) is 29.9 Å². The van der Waals surface area contributed by atoms with E-state index in [1.54, 1.807) is 34.6 Å². The van der Waals surface area contributed by atoms with Gasteiger partial charge in [-0.15, -0.1) is 0 Å². The Hall–Kier alpha value is -1.19. The van der Waals surface area contributed by atoms with Crippen molar-refractivity contribution < 1.29 is 14.4 Å². The molecule has 96 valence electrons. The van der Waals surface area contributed by atoms with E-state index in [2.05, 4.69) is 0 Å². The van der Waals surface area contributed by atoms with Crippen LogP contribution >= 0.6 is 0 Å². The predicted octanol–water partition coefficient (Wildman–Crippen LogP) is 1.78. The molecular weight excluding hydrogens is 218 g/mol. The van der Waals surface area contributed by atoms with Crippen LogP contribution in [0.5, 0.6) is 0 Å². The molecule has 1 aliphatic heterocycles. The van der Waals surface area contributed by atoms with E-state index in [1.807, 2.05) is 0 Å². The molecule has 1 fully saturated rings. The Kier molecular flexibility index (Phi) is 3.21. The second kappa shape index (κ2) is 3.93. The summed E-state index contributed by atoms with van der Waals surface area (Å²) in [5, 5.41) is 0. The zero-order valence-corrected chi connectivity index (χ0v) is 11.5. The average molecular weight is 239 g/mol. The Morgan fingerprint density at radius 3 is 2.00 bits per heavy atom. The van der Waals surface area contributed by atoms with Gasteiger partial charge in [0.1, 0.15) is 5.78 Å². The van der Waals surface area contributed by atoms with Crippen LogP contribution in [0.4, 0.5) is 0 Å². The molecule has 0 aliphatic carbocycles. The van der Waals surface area contributed by atoms with Crippen LogP contribution in [0.2, 0.25) is 0 Å². The van der Waals surface area contributed by atoms with E-state index >= 15 is 0 Å². The molecule has 0 spiro atoms. The van der Waals surface area contributed by atoms with Crippen molar-refractivity contribution in [2.45, 2.75) is 53.5 Å². The normalized spacial score (nSPS) is 22.2. The monoisotopic (exact) mass is 239 g/mol. The summed E-state index contributed by atoms with van der Waals surface area (Å²) >= 11 is 0. The maximum absolute atomic E-state index is 12.0. The summed E-state index contributed by atoms with van der Waals surface area (Å²) in [6, 6.07) is 0. The molecule has 1 unspecified atom stereocenters. The minimum absolute atomic E-state index is 0.0253. The van der Waals surface area contributed by atoms with Gasteiger partial charge in [0.25, 0.3) is 0 Å². The number of amides is 2. The highest BCUT2D eigenvalue weighted by molar-refractivity contribution is 6.04. The minimum Gasteiger partial charge on any atom is -0.299 e. The third-order valence-corrected chi connectivity index (χ3v) is 4.34. The summed E-state index contributed by atoms with van der Waals surface area (Å²) in [6.07, 6.45) is 0.246. The fraction of sp³-hybridized carbons (Fsp3) is 0.769. The van der Waals surface area contributed by atoms with Crippen molar-refractivity contribution in [3.05, 3.63) is 0 Å². The quantitative estimate of drug-likeness (QED) is 0.705. The van der Waals surface area contributed by atoms with Crippen LogP contribution in [-0.2, 0) is 14.4 Å². The van der Waals surface area contributed by atoms with Gasteiger partial charge in [-0.3, -0.25) is 19.3 Å². The molecule has 0 saturated carbocycles. The standard InChI is InChI=1S/C13H21NO3/c1-8-7-10(16)14(11(8)17)13(5,6)12(3,4)9(2)15/h8H,7H2,1-6H3. The number of carbonyl (C=O) groups is 3. The van der Waals surface area contributed by atoms with Gasteiger partial charge in [0.2, 0.25) is 11.8 Å². The van der Waals surface area contributed by atoms with Crippen LogP contribution in [-0.4, -0.2) is 28.0 Å². The molecule has 0 bridgehead atoms. The zero-order chi connectivity index (χ0) is 13.6. The van der Waals surface area contributed by atoms with E-state index in [1.165, 1.54) is 11.8 Å². The number of rotatable bonds is 3. The van der Waals surface area contributed by atoms with Gasteiger partial charge in [-0.25, -0.2) is 0 Å². The highest BCUT2D eigenvalue weighted by atomic mass is 16.2. The molecule has 0 aromatic rings. The highest BCUT2D eigenvalue weighted by Gasteiger charge is 2.52. The van der Waals surface area contributed by atoms with Gasteiger partial charge in [0.15, 0.2) is 0 Å². The Balaban J connectivity index is 3.19. The third kappa shape index (κ3) is 1.90. The Morgan fingerprint density at radius 2 is 1.71 bits per heavy atom. The van der Waals surface area contributed by atoms with Crippen molar-refractivity contribution in [2.24, 2.45) is 11.3 Å². The average Bonchev–Trinajstić information content (AvgIpc) is 2.40. The lowest BCUT2D eigenvalue weighted by Gasteiger charge is -2.45. The molecule has 1 saturated heterocycles. The second-order valence-electron chi connectivity index (χ2n) is 5.91. The Morgan fingerprint density at radius 1 is 1.24 bits per heavy atom. The largest absolute Gasteiger partial charge is 0.299 e. The Labute approximate surface area is 102 Å². The smallest absolute Gasteiger partial charge is 0.233 e. The number of hydrogen-bond donors (Lipinski definition) is 0. The van der Waals surface area contributed by atoms with Crippen molar-refractivity contribution in [3.8, 4) is 0 Å². The fourth-order valence-corrected chi connectivity index (χ4v) is 2.08. The maximum Gasteiger partial charge on any atom is 0.233 e. The molecule has 1 heterocycles. The summed E-state index contributed by atoms with van der Waals surface area (Å²) < 4.78 is 0. The van der Waals surface area contributed by atoms with Crippen molar-refractivity contribution in [1.29, 1.82) is 0 Å². The molecule has 4 heteroatoms. The van der Waals surface area contributed by atoms with Crippen LogP contribution in [0.3, 0.4) is 0 Å². The van der Waals surface area contributed by atoms with Crippen molar-refractivity contribution in [3.63, 3.8) is 0 Å². The first-order valence-corrected chi connectivity index (χ1v) is 5.91. The molecule has 17 heavy (non-hydrogen) atoms. The second-order valence-corrected chi connectivity index (χ2v) is 5.91. The van der Waals surface area contributed by atoms with E-state index in [9.17, 15) is 14.4 Å². The summed E-state index contributed by atoms with van der Waals surface area (Å²) in [4.78, 5) is 36.9. The van der Waals surface area contributed by atoms with Crippen LogP contribution in [0.25, 0.3) is 0 Å². The zero-order valence-electron chi connectivity index (χ0n) is 11.5. The summed E-state index contributed by atoms with van der Waals surface area (Å²) in [7, 11) is 0. The van der Waals surface area contributed by atoms with Crippen molar-refractivity contribution >= 4 is 17.6 Å². The van der Waals surface area contributed by atoms with Gasteiger partial charge in [0, 0.05) is 17.8 Å². The fourth-order valence-electron chi connectivity index (χ4n) is 2.08. The van der Waals surface area contributed by atoms with Crippen LogP contribution in [0, 0.1) is 11.3 Å². The van der Waals surface area contributed by atoms with Crippen LogP contribution in [0.1, 0.15) is 48.0 Å². The topological polar surface area (TPSA) is 54.5 Å². The van der Waals surface area contributed by atoms with Crippen molar-refractivity contribution in [1.82, 2.24) is 4.90 Å². The maximum atomic E-state index is 12.0. The van der Waals surface area contributed by atoms with Gasteiger partial charge in [-0.05, 0) is 20.8 Å². The first kappa shape index (κ1) is 13.9. The molecule has 1 rings (SSSR count).